The van der Waals surface area contributed by atoms with Crippen molar-refractivity contribution in [2.75, 3.05) is 18.5 Å². The average Bonchev–Trinajstić information content (AvgIpc) is 2.90. The van der Waals surface area contributed by atoms with E-state index in [2.05, 4.69) is 20.3 Å². The van der Waals surface area contributed by atoms with E-state index in [4.69, 9.17) is 9.15 Å². The van der Waals surface area contributed by atoms with Gasteiger partial charge in [0.25, 0.3) is 0 Å². The molecule has 0 fully saturated rings. The number of furan rings is 1. The summed E-state index contributed by atoms with van der Waals surface area (Å²) in [4.78, 5) is 12.7. The highest BCUT2D eigenvalue weighted by atomic mass is 32.2. The topological polar surface area (TPSA) is 73.1 Å². The minimum atomic E-state index is 0.343. The van der Waals surface area contributed by atoms with E-state index < -0.39 is 0 Å². The van der Waals surface area contributed by atoms with Crippen molar-refractivity contribution in [1.82, 2.24) is 15.0 Å². The van der Waals surface area contributed by atoms with Crippen LogP contribution in [0.5, 0.6) is 6.01 Å². The minimum absolute atomic E-state index is 0.343. The molecular weight excluding hydrogens is 264 g/mol. The molecule has 0 aliphatic heterocycles. The van der Waals surface area contributed by atoms with Crippen LogP contribution in [0.15, 0.2) is 28.0 Å². The van der Waals surface area contributed by atoms with Gasteiger partial charge in [0.1, 0.15) is 5.76 Å². The highest BCUT2D eigenvalue weighted by Crippen LogP contribution is 2.22. The summed E-state index contributed by atoms with van der Waals surface area (Å²) in [5.41, 5.74) is 0. The van der Waals surface area contributed by atoms with E-state index in [1.54, 1.807) is 6.26 Å². The van der Waals surface area contributed by atoms with Gasteiger partial charge in [-0.15, -0.1) is 0 Å². The average molecular weight is 280 g/mol. The third kappa shape index (κ3) is 4.13. The Balaban J connectivity index is 2.08. The molecule has 0 radical (unpaired) electrons. The van der Waals surface area contributed by atoms with Crippen molar-refractivity contribution < 1.29 is 9.15 Å². The van der Waals surface area contributed by atoms with Gasteiger partial charge in [0.15, 0.2) is 5.16 Å². The molecule has 0 saturated heterocycles. The van der Waals surface area contributed by atoms with Crippen molar-refractivity contribution in [3.63, 3.8) is 0 Å². The Morgan fingerprint density at radius 2 is 2.21 bits per heavy atom. The molecule has 102 valence electrons. The summed E-state index contributed by atoms with van der Waals surface area (Å²) in [6, 6.07) is 4.12. The molecule has 0 aromatic carbocycles. The molecule has 0 bridgehead atoms. The van der Waals surface area contributed by atoms with Crippen LogP contribution in [0, 0.1) is 0 Å². The molecule has 6 nitrogen and oxygen atoms in total. The molecule has 19 heavy (non-hydrogen) atoms. The van der Waals surface area contributed by atoms with Crippen LogP contribution in [-0.2, 0) is 5.75 Å². The Hall–Kier alpha value is -1.76. The normalized spacial score (nSPS) is 10.4. The van der Waals surface area contributed by atoms with E-state index in [-0.39, 0.29) is 0 Å². The summed E-state index contributed by atoms with van der Waals surface area (Å²) in [7, 11) is 0. The first-order chi connectivity index (χ1) is 9.31. The number of aromatic nitrogens is 3. The molecular formula is C12H16N4O2S. The molecule has 0 atom stereocenters. The number of anilines is 1. The molecule has 2 heterocycles. The fourth-order valence-corrected chi connectivity index (χ4v) is 2.09. The molecule has 0 saturated carbocycles. The van der Waals surface area contributed by atoms with Gasteiger partial charge in [-0.05, 0) is 26.0 Å². The Kier molecular flexibility index (Phi) is 5.02. The molecule has 1 N–H and O–H groups in total. The number of thioether (sulfide) groups is 1. The van der Waals surface area contributed by atoms with Crippen LogP contribution in [0.2, 0.25) is 0 Å². The number of nitrogens with zero attached hydrogens (tertiary/aromatic N) is 3. The molecule has 7 heteroatoms. The second-order valence-electron chi connectivity index (χ2n) is 3.56. The zero-order valence-corrected chi connectivity index (χ0v) is 11.7. The Morgan fingerprint density at radius 1 is 1.32 bits per heavy atom. The van der Waals surface area contributed by atoms with E-state index in [1.807, 2.05) is 26.0 Å². The fraction of sp³-hybridized carbons (Fsp3) is 0.417. The lowest BCUT2D eigenvalue weighted by Gasteiger charge is -2.06. The van der Waals surface area contributed by atoms with Crippen LogP contribution in [0.4, 0.5) is 5.95 Å². The van der Waals surface area contributed by atoms with Crippen LogP contribution >= 0.6 is 11.8 Å². The van der Waals surface area contributed by atoms with Gasteiger partial charge in [-0.3, -0.25) is 0 Å². The van der Waals surface area contributed by atoms with E-state index in [0.717, 1.165) is 12.3 Å². The summed E-state index contributed by atoms with van der Waals surface area (Å²) in [5.74, 6) is 2.09. The maximum Gasteiger partial charge on any atom is 0.322 e. The van der Waals surface area contributed by atoms with Gasteiger partial charge < -0.3 is 14.5 Å². The van der Waals surface area contributed by atoms with Crippen molar-refractivity contribution in [2.24, 2.45) is 0 Å². The number of hydrogen-bond acceptors (Lipinski definition) is 7. The zero-order valence-electron chi connectivity index (χ0n) is 10.9. The Morgan fingerprint density at radius 3 is 2.89 bits per heavy atom. The number of hydrogen-bond donors (Lipinski definition) is 1. The smallest absolute Gasteiger partial charge is 0.322 e. The molecule has 0 unspecified atom stereocenters. The first kappa shape index (κ1) is 13.7. The monoisotopic (exact) mass is 280 g/mol. The highest BCUT2D eigenvalue weighted by molar-refractivity contribution is 7.98. The van der Waals surface area contributed by atoms with Crippen molar-refractivity contribution in [2.45, 2.75) is 24.8 Å². The third-order valence-corrected chi connectivity index (χ3v) is 3.00. The lowest BCUT2D eigenvalue weighted by molar-refractivity contribution is 0.308. The second-order valence-corrected chi connectivity index (χ2v) is 4.50. The van der Waals surface area contributed by atoms with E-state index in [0.29, 0.717) is 29.5 Å². The minimum Gasteiger partial charge on any atom is -0.468 e. The van der Waals surface area contributed by atoms with Gasteiger partial charge in [0, 0.05) is 6.54 Å². The predicted molar refractivity (Wildman–Crippen MR) is 73.4 cm³/mol. The number of ether oxygens (including phenoxy) is 1. The quantitative estimate of drug-likeness (QED) is 0.781. The lowest BCUT2D eigenvalue weighted by atomic mass is 10.5. The maximum atomic E-state index is 5.33. The van der Waals surface area contributed by atoms with Gasteiger partial charge in [-0.25, -0.2) is 0 Å². The Labute approximate surface area is 116 Å². The van der Waals surface area contributed by atoms with E-state index in [9.17, 15) is 0 Å². The SMILES string of the molecule is CCNc1nc(OCC)nc(SCc2ccco2)n1. The molecule has 0 aliphatic carbocycles. The summed E-state index contributed by atoms with van der Waals surface area (Å²) >= 11 is 1.48. The third-order valence-electron chi connectivity index (χ3n) is 2.13. The molecule has 2 aromatic rings. The van der Waals surface area contributed by atoms with Crippen LogP contribution in [-0.4, -0.2) is 28.1 Å². The van der Waals surface area contributed by atoms with Crippen LogP contribution in [0.3, 0.4) is 0 Å². The molecule has 0 amide bonds. The van der Waals surface area contributed by atoms with Gasteiger partial charge in [0.2, 0.25) is 5.95 Å². The summed E-state index contributed by atoms with van der Waals surface area (Å²) in [6.45, 7) is 5.15. The predicted octanol–water partition coefficient (Wildman–Crippen LogP) is 2.59. The molecule has 0 spiro atoms. The largest absolute Gasteiger partial charge is 0.468 e. The molecule has 0 aliphatic rings. The fourth-order valence-electron chi connectivity index (χ4n) is 1.36. The summed E-state index contributed by atoms with van der Waals surface area (Å²) < 4.78 is 10.6. The van der Waals surface area contributed by atoms with Gasteiger partial charge in [0.05, 0.1) is 18.6 Å². The lowest BCUT2D eigenvalue weighted by Crippen LogP contribution is -2.07. The van der Waals surface area contributed by atoms with Crippen molar-refractivity contribution in [1.29, 1.82) is 0 Å². The van der Waals surface area contributed by atoms with Crippen molar-refractivity contribution >= 4 is 17.7 Å². The van der Waals surface area contributed by atoms with Crippen LogP contribution in [0.25, 0.3) is 0 Å². The van der Waals surface area contributed by atoms with Crippen LogP contribution in [0.1, 0.15) is 19.6 Å². The van der Waals surface area contributed by atoms with Gasteiger partial charge in [-0.2, -0.15) is 15.0 Å². The summed E-state index contributed by atoms with van der Waals surface area (Å²) in [5, 5.41) is 3.68. The van der Waals surface area contributed by atoms with Gasteiger partial charge >= 0.3 is 6.01 Å². The van der Waals surface area contributed by atoms with E-state index in [1.165, 1.54) is 11.8 Å². The Bertz CT molecular complexity index is 480. The highest BCUT2D eigenvalue weighted by Gasteiger charge is 2.08. The number of rotatable bonds is 7. The first-order valence-corrected chi connectivity index (χ1v) is 7.08. The summed E-state index contributed by atoms with van der Waals surface area (Å²) in [6.07, 6.45) is 1.65. The molecule has 2 aromatic heterocycles. The van der Waals surface area contributed by atoms with Gasteiger partial charge in [-0.1, -0.05) is 11.8 Å². The zero-order chi connectivity index (χ0) is 13.5. The standard InChI is InChI=1S/C12H16N4O2S/c1-3-13-10-14-11(17-4-2)16-12(15-10)19-8-9-6-5-7-18-9/h5-7H,3-4,8H2,1-2H3,(H,13,14,15,16). The second kappa shape index (κ2) is 6.98. The molecule has 2 rings (SSSR count). The van der Waals surface area contributed by atoms with Crippen molar-refractivity contribution in [3.05, 3.63) is 24.2 Å². The first-order valence-electron chi connectivity index (χ1n) is 6.09. The van der Waals surface area contributed by atoms with Crippen LogP contribution < -0.4 is 10.1 Å². The van der Waals surface area contributed by atoms with E-state index >= 15 is 0 Å². The van der Waals surface area contributed by atoms with Crippen molar-refractivity contribution in [3.8, 4) is 6.01 Å². The maximum absolute atomic E-state index is 5.33. The number of nitrogens with one attached hydrogen (secondary N) is 1.